The van der Waals surface area contributed by atoms with E-state index in [-0.39, 0.29) is 23.8 Å². The summed E-state index contributed by atoms with van der Waals surface area (Å²) in [6.07, 6.45) is 0.267. The number of hydrogen-bond donors (Lipinski definition) is 1. The molecule has 0 unspecified atom stereocenters. The molecular formula is C32H35N3O5S. The van der Waals surface area contributed by atoms with Crippen molar-refractivity contribution < 1.29 is 22.7 Å². The summed E-state index contributed by atoms with van der Waals surface area (Å²) in [5.41, 5.74) is 1.63. The zero-order chi connectivity index (χ0) is 29.4. The molecule has 8 nitrogen and oxygen atoms in total. The number of amides is 2. The molecule has 9 heteroatoms. The van der Waals surface area contributed by atoms with Crippen LogP contribution in [-0.2, 0) is 32.6 Å². The number of hydrogen-bond acceptors (Lipinski definition) is 5. The summed E-state index contributed by atoms with van der Waals surface area (Å²) in [6, 6.07) is 28.2. The van der Waals surface area contributed by atoms with E-state index in [4.69, 9.17) is 4.74 Å². The highest BCUT2D eigenvalue weighted by Crippen LogP contribution is 2.23. The number of likely N-dealkylation sites (N-methyl/N-ethyl adjacent to an activating group) is 2. The maximum atomic E-state index is 14.0. The normalized spacial score (nSPS) is 12.2. The first kappa shape index (κ1) is 29.8. The average molecular weight is 574 g/mol. The zero-order valence-corrected chi connectivity index (χ0v) is 24.3. The Morgan fingerprint density at radius 3 is 2.24 bits per heavy atom. The third-order valence-corrected chi connectivity index (χ3v) is 8.70. The van der Waals surface area contributed by atoms with Gasteiger partial charge in [-0.15, -0.1) is 0 Å². The topological polar surface area (TPSA) is 96.0 Å². The van der Waals surface area contributed by atoms with Crippen molar-refractivity contribution in [3.05, 3.63) is 108 Å². The molecule has 0 aliphatic heterocycles. The van der Waals surface area contributed by atoms with Crippen molar-refractivity contribution in [3.63, 3.8) is 0 Å². The number of nitrogens with zero attached hydrogens (tertiary/aromatic N) is 2. The van der Waals surface area contributed by atoms with Crippen LogP contribution in [0.15, 0.2) is 102 Å². The summed E-state index contributed by atoms with van der Waals surface area (Å²) < 4.78 is 33.5. The number of benzene rings is 4. The van der Waals surface area contributed by atoms with E-state index < -0.39 is 28.5 Å². The monoisotopic (exact) mass is 573 g/mol. The minimum absolute atomic E-state index is 0.0918. The van der Waals surface area contributed by atoms with Gasteiger partial charge in [0.2, 0.25) is 21.8 Å². The highest BCUT2D eigenvalue weighted by Gasteiger charge is 2.33. The summed E-state index contributed by atoms with van der Waals surface area (Å²) in [6.45, 7) is 1.86. The third kappa shape index (κ3) is 7.31. The molecule has 4 aromatic carbocycles. The molecule has 2 amide bonds. The molecule has 0 fully saturated rings. The first-order valence-electron chi connectivity index (χ1n) is 13.4. The molecule has 41 heavy (non-hydrogen) atoms. The standard InChI is InChI=1S/C32H35N3O5S/c1-4-33-32(37)30(20-24-11-6-5-7-12-24)35(22-25-13-10-16-28(19-25)40-3)31(36)23-34(2)41(38,39)29-18-17-26-14-8-9-15-27(26)21-29/h5-19,21,30H,4,20,22-23H2,1-3H3,(H,33,37)/t30-/m1/s1. The number of nitrogens with one attached hydrogen (secondary N) is 1. The van der Waals surface area contributed by atoms with E-state index in [0.717, 1.165) is 26.2 Å². The van der Waals surface area contributed by atoms with Gasteiger partial charge in [0.15, 0.2) is 0 Å². The lowest BCUT2D eigenvalue weighted by molar-refractivity contribution is -0.141. The first-order valence-corrected chi connectivity index (χ1v) is 14.9. The quantitative estimate of drug-likeness (QED) is 0.274. The van der Waals surface area contributed by atoms with Crippen LogP contribution in [-0.4, -0.2) is 62.7 Å². The van der Waals surface area contributed by atoms with Gasteiger partial charge in [-0.25, -0.2) is 8.42 Å². The van der Waals surface area contributed by atoms with Crippen LogP contribution < -0.4 is 10.1 Å². The van der Waals surface area contributed by atoms with Crippen LogP contribution >= 0.6 is 0 Å². The minimum Gasteiger partial charge on any atom is -0.497 e. The van der Waals surface area contributed by atoms with Gasteiger partial charge in [-0.3, -0.25) is 9.59 Å². The van der Waals surface area contributed by atoms with Gasteiger partial charge in [-0.1, -0.05) is 72.8 Å². The molecule has 0 saturated carbocycles. The van der Waals surface area contributed by atoms with Gasteiger partial charge in [0.05, 0.1) is 18.6 Å². The molecule has 0 aromatic heterocycles. The number of carbonyl (C=O) groups excluding carboxylic acids is 2. The molecule has 0 radical (unpaired) electrons. The molecule has 0 aliphatic rings. The van der Waals surface area contributed by atoms with Gasteiger partial charge in [0.1, 0.15) is 11.8 Å². The molecule has 4 rings (SSSR count). The van der Waals surface area contributed by atoms with Crippen LogP contribution in [0.1, 0.15) is 18.1 Å². The maximum absolute atomic E-state index is 14.0. The van der Waals surface area contributed by atoms with Gasteiger partial charge < -0.3 is 15.0 Å². The smallest absolute Gasteiger partial charge is 0.243 e. The molecular weight excluding hydrogens is 538 g/mol. The summed E-state index contributed by atoms with van der Waals surface area (Å²) in [4.78, 5) is 28.9. The van der Waals surface area contributed by atoms with Crippen molar-refractivity contribution in [2.75, 3.05) is 27.2 Å². The fourth-order valence-corrected chi connectivity index (χ4v) is 5.84. The van der Waals surface area contributed by atoms with Crippen LogP contribution in [0.25, 0.3) is 10.8 Å². The highest BCUT2D eigenvalue weighted by atomic mass is 32.2. The lowest BCUT2D eigenvalue weighted by Gasteiger charge is -2.32. The predicted octanol–water partition coefficient (Wildman–Crippen LogP) is 4.25. The first-order chi connectivity index (χ1) is 19.7. The molecule has 0 spiro atoms. The van der Waals surface area contributed by atoms with Gasteiger partial charge in [0.25, 0.3) is 0 Å². The molecule has 0 heterocycles. The van der Waals surface area contributed by atoms with Crippen molar-refractivity contribution in [2.24, 2.45) is 0 Å². The van der Waals surface area contributed by atoms with Crippen molar-refractivity contribution in [2.45, 2.75) is 30.8 Å². The number of rotatable bonds is 12. The average Bonchev–Trinajstić information content (AvgIpc) is 2.99. The molecule has 0 saturated heterocycles. The highest BCUT2D eigenvalue weighted by molar-refractivity contribution is 7.89. The van der Waals surface area contributed by atoms with E-state index in [1.807, 2.05) is 73.7 Å². The van der Waals surface area contributed by atoms with Gasteiger partial charge in [-0.2, -0.15) is 4.31 Å². The van der Waals surface area contributed by atoms with Crippen LogP contribution in [0.4, 0.5) is 0 Å². The Labute approximate surface area is 241 Å². The molecule has 214 valence electrons. The second-order valence-corrected chi connectivity index (χ2v) is 11.8. The number of methoxy groups -OCH3 is 1. The fourth-order valence-electron chi connectivity index (χ4n) is 4.69. The molecule has 1 N–H and O–H groups in total. The van der Waals surface area contributed by atoms with E-state index >= 15 is 0 Å². The largest absolute Gasteiger partial charge is 0.497 e. The van der Waals surface area contributed by atoms with Gasteiger partial charge in [0, 0.05) is 26.6 Å². The van der Waals surface area contributed by atoms with Crippen LogP contribution in [0.2, 0.25) is 0 Å². The van der Waals surface area contributed by atoms with Gasteiger partial charge >= 0.3 is 0 Å². The van der Waals surface area contributed by atoms with Crippen molar-refractivity contribution >= 4 is 32.6 Å². The Morgan fingerprint density at radius 2 is 1.54 bits per heavy atom. The van der Waals surface area contributed by atoms with Crippen LogP contribution in [0.3, 0.4) is 0 Å². The second-order valence-electron chi connectivity index (χ2n) is 9.74. The SMILES string of the molecule is CCNC(=O)[C@@H](Cc1ccccc1)N(Cc1cccc(OC)c1)C(=O)CN(C)S(=O)(=O)c1ccc2ccccc2c1. The lowest BCUT2D eigenvalue weighted by atomic mass is 10.0. The Morgan fingerprint density at radius 1 is 0.854 bits per heavy atom. The third-order valence-electron chi connectivity index (χ3n) is 6.90. The lowest BCUT2D eigenvalue weighted by Crippen LogP contribution is -2.53. The fraction of sp³-hybridized carbons (Fsp3) is 0.250. The van der Waals surface area contributed by atoms with E-state index in [1.165, 1.54) is 11.9 Å². The van der Waals surface area contributed by atoms with E-state index in [1.54, 1.807) is 37.4 Å². The summed E-state index contributed by atoms with van der Waals surface area (Å²) in [5, 5.41) is 4.55. The number of carbonyl (C=O) groups is 2. The summed E-state index contributed by atoms with van der Waals surface area (Å²) in [7, 11) is -1.06. The zero-order valence-electron chi connectivity index (χ0n) is 23.5. The van der Waals surface area contributed by atoms with Crippen molar-refractivity contribution in [1.29, 1.82) is 0 Å². The Kier molecular flexibility index (Phi) is 9.75. The minimum atomic E-state index is -3.99. The molecule has 4 aromatic rings. The Balaban J connectivity index is 1.67. The van der Waals surface area contributed by atoms with E-state index in [2.05, 4.69) is 5.32 Å². The summed E-state index contributed by atoms with van der Waals surface area (Å²) in [5.74, 6) is -0.192. The molecule has 0 aliphatic carbocycles. The van der Waals surface area contributed by atoms with Crippen LogP contribution in [0, 0.1) is 0 Å². The van der Waals surface area contributed by atoms with Gasteiger partial charge in [-0.05, 0) is 53.1 Å². The second kappa shape index (κ2) is 13.4. The maximum Gasteiger partial charge on any atom is 0.243 e. The Hall–Kier alpha value is -4.21. The van der Waals surface area contributed by atoms with Crippen molar-refractivity contribution in [3.8, 4) is 5.75 Å². The number of sulfonamides is 1. The van der Waals surface area contributed by atoms with Crippen LogP contribution in [0.5, 0.6) is 5.75 Å². The number of ether oxygens (including phenoxy) is 1. The van der Waals surface area contributed by atoms with Crippen molar-refractivity contribution in [1.82, 2.24) is 14.5 Å². The van der Waals surface area contributed by atoms with E-state index in [0.29, 0.717) is 12.3 Å². The number of fused-ring (bicyclic) bond motifs is 1. The predicted molar refractivity (Wildman–Crippen MR) is 160 cm³/mol. The van der Waals surface area contributed by atoms with E-state index in [9.17, 15) is 18.0 Å². The molecule has 0 bridgehead atoms. The summed E-state index contributed by atoms with van der Waals surface area (Å²) >= 11 is 0. The molecule has 1 atom stereocenters. The Bertz CT molecular complexity index is 1610.